The normalized spacial score (nSPS) is 15.6. The maximum absolute atomic E-state index is 13.4. The lowest BCUT2D eigenvalue weighted by Gasteiger charge is -2.32. The molecule has 206 valence electrons. The summed E-state index contributed by atoms with van der Waals surface area (Å²) in [5.41, 5.74) is -0.722. The maximum Gasteiger partial charge on any atom is 0.417 e. The number of hydrogen-bond acceptors (Lipinski definition) is 6. The fraction of sp³-hybridized carbons (Fsp3) is 0.346. The van der Waals surface area contributed by atoms with Gasteiger partial charge in [-0.2, -0.15) is 18.3 Å². The Morgan fingerprint density at radius 3 is 2.46 bits per heavy atom. The van der Waals surface area contributed by atoms with Crippen LogP contribution in [0.2, 0.25) is 5.02 Å². The number of rotatable bonds is 5. The second kappa shape index (κ2) is 10.3. The van der Waals surface area contributed by atoms with Crippen molar-refractivity contribution in [3.05, 3.63) is 70.1 Å². The summed E-state index contributed by atoms with van der Waals surface area (Å²) in [6, 6.07) is 5.74. The molecule has 13 heteroatoms. The summed E-state index contributed by atoms with van der Waals surface area (Å²) in [5.74, 6) is -0.671. The van der Waals surface area contributed by atoms with E-state index < -0.39 is 34.4 Å². The molecule has 1 aromatic carbocycles. The predicted molar refractivity (Wildman–Crippen MR) is 137 cm³/mol. The Kier molecular flexibility index (Phi) is 7.44. The van der Waals surface area contributed by atoms with Crippen LogP contribution >= 0.6 is 11.6 Å². The molecule has 0 radical (unpaired) electrons. The quantitative estimate of drug-likeness (QED) is 0.385. The first-order chi connectivity index (χ1) is 18.1. The first-order valence-electron chi connectivity index (χ1n) is 11.9. The lowest BCUT2D eigenvalue weighted by Crippen LogP contribution is -2.43. The minimum atomic E-state index is -4.63. The van der Waals surface area contributed by atoms with Crippen LogP contribution < -0.4 is 10.2 Å². The summed E-state index contributed by atoms with van der Waals surface area (Å²) in [5, 5.41) is 6.23. The van der Waals surface area contributed by atoms with Gasteiger partial charge >= 0.3 is 12.3 Å². The van der Waals surface area contributed by atoms with Gasteiger partial charge in [0.25, 0.3) is 5.91 Å². The summed E-state index contributed by atoms with van der Waals surface area (Å²) in [6.07, 6.45) is -2.76. The third-order valence-electron chi connectivity index (χ3n) is 5.82. The molecule has 0 saturated carbocycles. The van der Waals surface area contributed by atoms with Crippen molar-refractivity contribution in [2.45, 2.75) is 51.9 Å². The Labute approximate surface area is 226 Å². The topological polar surface area (TPSA) is 106 Å². The summed E-state index contributed by atoms with van der Waals surface area (Å²) in [4.78, 5) is 43.7. The van der Waals surface area contributed by atoms with Crippen LogP contribution in [-0.4, -0.2) is 44.7 Å². The maximum atomic E-state index is 13.4. The average Bonchev–Trinajstić information content (AvgIpc) is 3.24. The van der Waals surface area contributed by atoms with Crippen molar-refractivity contribution in [1.29, 1.82) is 0 Å². The number of ether oxygens (including phenoxy) is 1. The van der Waals surface area contributed by atoms with E-state index >= 15 is 0 Å². The van der Waals surface area contributed by atoms with E-state index in [2.05, 4.69) is 15.4 Å². The predicted octanol–water partition coefficient (Wildman–Crippen LogP) is 5.94. The molecule has 9 nitrogen and oxygen atoms in total. The van der Waals surface area contributed by atoms with Crippen molar-refractivity contribution in [3.8, 4) is 0 Å². The van der Waals surface area contributed by atoms with E-state index in [1.54, 1.807) is 27.7 Å². The summed E-state index contributed by atoms with van der Waals surface area (Å²) < 4.78 is 46.1. The monoisotopic (exact) mass is 563 g/mol. The first-order valence-corrected chi connectivity index (χ1v) is 12.3. The number of pyridine rings is 1. The number of nitrogens with zero attached hydrogens (tertiary/aromatic N) is 4. The van der Waals surface area contributed by atoms with Crippen LogP contribution in [0.1, 0.15) is 65.7 Å². The van der Waals surface area contributed by atoms with Crippen LogP contribution in [0, 0.1) is 0 Å². The van der Waals surface area contributed by atoms with Crippen molar-refractivity contribution >= 4 is 40.9 Å². The molecule has 2 amide bonds. The third kappa shape index (κ3) is 6.22. The highest BCUT2D eigenvalue weighted by atomic mass is 35.5. The fourth-order valence-electron chi connectivity index (χ4n) is 4.09. The van der Waals surface area contributed by atoms with E-state index in [1.807, 2.05) is 0 Å². The number of hydrogen-bond donors (Lipinski definition) is 1. The van der Waals surface area contributed by atoms with E-state index in [0.717, 1.165) is 12.1 Å². The molecular weight excluding hydrogens is 539 g/mol. The summed E-state index contributed by atoms with van der Waals surface area (Å²) in [6.45, 7) is 7.12. The van der Waals surface area contributed by atoms with Crippen molar-refractivity contribution < 1.29 is 32.3 Å². The number of Topliss-reactive ketones (excluding diaryl/α,β-unsaturated/α-hetero) is 1. The first kappa shape index (κ1) is 28.1. The molecule has 39 heavy (non-hydrogen) atoms. The van der Waals surface area contributed by atoms with Gasteiger partial charge in [0, 0.05) is 36.0 Å². The molecule has 0 bridgehead atoms. The molecule has 3 heterocycles. The molecule has 1 N–H and O–H groups in total. The van der Waals surface area contributed by atoms with E-state index in [0.29, 0.717) is 5.56 Å². The molecule has 1 aliphatic heterocycles. The molecule has 4 rings (SSSR count). The molecule has 0 fully saturated rings. The van der Waals surface area contributed by atoms with Crippen LogP contribution in [0.3, 0.4) is 0 Å². The van der Waals surface area contributed by atoms with Gasteiger partial charge in [-0.15, -0.1) is 0 Å². The number of alkyl halides is 3. The number of carbonyl (C=O) groups excluding carboxylic acids is 3. The number of aromatic nitrogens is 3. The number of carbonyl (C=O) groups is 3. The second-order valence-corrected chi connectivity index (χ2v) is 10.5. The van der Waals surface area contributed by atoms with Crippen LogP contribution in [0.4, 0.5) is 29.5 Å². The summed E-state index contributed by atoms with van der Waals surface area (Å²) in [7, 11) is 0. The van der Waals surface area contributed by atoms with E-state index in [1.165, 1.54) is 40.2 Å². The fourth-order valence-corrected chi connectivity index (χ4v) is 4.37. The molecule has 0 saturated heterocycles. The minimum absolute atomic E-state index is 0.151. The zero-order valence-corrected chi connectivity index (χ0v) is 22.2. The lowest BCUT2D eigenvalue weighted by molar-refractivity contribution is -0.137. The lowest BCUT2D eigenvalue weighted by atomic mass is 10.0. The van der Waals surface area contributed by atoms with Gasteiger partial charge in [-0.05, 0) is 58.0 Å². The largest absolute Gasteiger partial charge is 0.444 e. The molecule has 2 aromatic heterocycles. The van der Waals surface area contributed by atoms with Gasteiger partial charge in [0.1, 0.15) is 17.1 Å². The number of halogens is 4. The number of ketones is 1. The van der Waals surface area contributed by atoms with Crippen LogP contribution in [0.5, 0.6) is 0 Å². The van der Waals surface area contributed by atoms with Crippen LogP contribution in [0.15, 0.2) is 42.7 Å². The Balaban J connectivity index is 1.52. The van der Waals surface area contributed by atoms with Crippen LogP contribution in [0.25, 0.3) is 0 Å². The number of benzene rings is 1. The number of nitrogens with one attached hydrogen (secondary N) is 1. The number of anilines is 2. The second-order valence-electron chi connectivity index (χ2n) is 10.0. The molecule has 1 atom stereocenters. The molecule has 3 aromatic rings. The van der Waals surface area contributed by atoms with Crippen molar-refractivity contribution in [2.24, 2.45) is 0 Å². The highest BCUT2D eigenvalue weighted by Crippen LogP contribution is 2.38. The van der Waals surface area contributed by atoms with Gasteiger partial charge in [-0.1, -0.05) is 11.6 Å². The summed E-state index contributed by atoms with van der Waals surface area (Å²) >= 11 is 5.88. The SMILES string of the molecule is C[C@H]1CN(c2ccc(C(F)(F)F)c(Cl)c2)C(=O)c2c(CC(=O)c3ccc(NC(=O)OC(C)(C)C)nc3)cnn21. The van der Waals surface area contributed by atoms with Crippen molar-refractivity contribution in [3.63, 3.8) is 0 Å². The Bertz CT molecular complexity index is 1430. The highest BCUT2D eigenvalue weighted by Gasteiger charge is 2.36. The van der Waals surface area contributed by atoms with Crippen LogP contribution in [-0.2, 0) is 17.3 Å². The van der Waals surface area contributed by atoms with Gasteiger partial charge in [-0.25, -0.2) is 9.78 Å². The molecular formula is C26H25ClF3N5O4. The van der Waals surface area contributed by atoms with Gasteiger partial charge in [-0.3, -0.25) is 19.6 Å². The Hall–Kier alpha value is -3.93. The van der Waals surface area contributed by atoms with E-state index in [9.17, 15) is 27.6 Å². The minimum Gasteiger partial charge on any atom is -0.444 e. The zero-order chi connectivity index (χ0) is 28.7. The smallest absolute Gasteiger partial charge is 0.417 e. The highest BCUT2D eigenvalue weighted by molar-refractivity contribution is 6.31. The van der Waals surface area contributed by atoms with Gasteiger partial charge < -0.3 is 9.64 Å². The van der Waals surface area contributed by atoms with E-state index in [4.69, 9.17) is 16.3 Å². The molecule has 0 unspecified atom stereocenters. The van der Waals surface area contributed by atoms with Crippen molar-refractivity contribution in [2.75, 3.05) is 16.8 Å². The van der Waals surface area contributed by atoms with Crippen molar-refractivity contribution in [1.82, 2.24) is 14.8 Å². The Morgan fingerprint density at radius 1 is 1.15 bits per heavy atom. The van der Waals surface area contributed by atoms with Gasteiger partial charge in [0.15, 0.2) is 5.78 Å². The third-order valence-corrected chi connectivity index (χ3v) is 6.13. The number of fused-ring (bicyclic) bond motifs is 1. The Morgan fingerprint density at radius 2 is 1.87 bits per heavy atom. The molecule has 1 aliphatic rings. The van der Waals surface area contributed by atoms with E-state index in [-0.39, 0.29) is 47.6 Å². The van der Waals surface area contributed by atoms with Gasteiger partial charge in [0.05, 0.1) is 22.8 Å². The zero-order valence-electron chi connectivity index (χ0n) is 21.5. The average molecular weight is 564 g/mol. The standard InChI is InChI=1S/C26H25ClF3N5O4/c1-14-13-34(17-6-7-18(19(27)10-17)26(28,29)30)23(37)22-16(12-32-35(14)22)9-20(36)15-5-8-21(31-11-15)33-24(38)39-25(2,3)4/h5-8,10-12,14H,9,13H2,1-4H3,(H,31,33,38)/t14-/m0/s1. The molecule has 0 spiro atoms. The van der Waals surface area contributed by atoms with Gasteiger partial charge in [0.2, 0.25) is 0 Å². The molecule has 0 aliphatic carbocycles. The number of amides is 2.